The van der Waals surface area contributed by atoms with Crippen LogP contribution in [-0.2, 0) is 14.3 Å². The Kier molecular flexibility index (Phi) is 13.1. The van der Waals surface area contributed by atoms with Crippen molar-refractivity contribution in [2.24, 2.45) is 4.99 Å². The molecule has 0 unspecified atom stereocenters. The molecule has 20 heavy (non-hydrogen) atoms. The Hall–Kier alpha value is -1.34. The van der Waals surface area contributed by atoms with Crippen molar-refractivity contribution in [3.05, 3.63) is 0 Å². The molecule has 0 aliphatic carbocycles. The van der Waals surface area contributed by atoms with Gasteiger partial charge in [0.1, 0.15) is 6.54 Å². The number of nitrogens with zero attached hydrogens (tertiary/aromatic N) is 1. The monoisotopic (exact) mass is 288 g/mol. The van der Waals surface area contributed by atoms with E-state index in [0.29, 0.717) is 32.3 Å². The second-order valence-electron chi connectivity index (χ2n) is 4.03. The van der Waals surface area contributed by atoms with Crippen molar-refractivity contribution < 1.29 is 14.3 Å². The van der Waals surface area contributed by atoms with Crippen molar-refractivity contribution in [2.75, 3.05) is 53.1 Å². The minimum Gasteiger partial charge on any atom is -0.382 e. The molecule has 0 saturated heterocycles. The number of guanidine groups is 1. The summed E-state index contributed by atoms with van der Waals surface area (Å²) < 4.78 is 10.2. The second kappa shape index (κ2) is 14.1. The smallest absolute Gasteiger partial charge is 0.241 e. The number of methoxy groups -OCH3 is 1. The molecule has 0 atom stereocenters. The van der Waals surface area contributed by atoms with Gasteiger partial charge in [-0.3, -0.25) is 4.79 Å². The minimum atomic E-state index is -0.0763. The molecule has 1 amide bonds. The summed E-state index contributed by atoms with van der Waals surface area (Å²) in [6.07, 6.45) is 0.870. The molecule has 0 rings (SSSR count). The third-order valence-corrected chi connectivity index (χ3v) is 2.29. The van der Waals surface area contributed by atoms with E-state index in [0.717, 1.165) is 19.5 Å². The Bertz CT molecular complexity index is 272. The molecule has 7 nitrogen and oxygen atoms in total. The lowest BCUT2D eigenvalue weighted by Crippen LogP contribution is -2.39. The van der Waals surface area contributed by atoms with Gasteiger partial charge < -0.3 is 25.4 Å². The van der Waals surface area contributed by atoms with E-state index < -0.39 is 0 Å². The summed E-state index contributed by atoms with van der Waals surface area (Å²) in [6, 6.07) is 0. The molecule has 0 aromatic rings. The van der Waals surface area contributed by atoms with Crippen LogP contribution in [0.1, 0.15) is 20.3 Å². The van der Waals surface area contributed by atoms with Crippen LogP contribution in [0.15, 0.2) is 4.99 Å². The maximum atomic E-state index is 11.3. The lowest BCUT2D eigenvalue weighted by Gasteiger charge is -2.11. The number of hydrogen-bond acceptors (Lipinski definition) is 4. The first-order valence-corrected chi connectivity index (χ1v) is 7.10. The zero-order valence-electron chi connectivity index (χ0n) is 12.8. The molecule has 3 N–H and O–H groups in total. The first-order valence-electron chi connectivity index (χ1n) is 7.10. The van der Waals surface area contributed by atoms with Crippen LogP contribution >= 0.6 is 0 Å². The number of carbonyl (C=O) groups excluding carboxylic acids is 1. The average Bonchev–Trinajstić information content (AvgIpc) is 2.44. The number of nitrogens with one attached hydrogen (secondary N) is 3. The molecule has 118 valence electrons. The van der Waals surface area contributed by atoms with E-state index >= 15 is 0 Å². The van der Waals surface area contributed by atoms with Gasteiger partial charge in [-0.15, -0.1) is 0 Å². The lowest BCUT2D eigenvalue weighted by molar-refractivity contribution is -0.119. The van der Waals surface area contributed by atoms with E-state index in [4.69, 9.17) is 9.47 Å². The van der Waals surface area contributed by atoms with Crippen molar-refractivity contribution in [1.82, 2.24) is 16.0 Å². The Morgan fingerprint density at radius 2 is 1.80 bits per heavy atom. The Labute approximate surface area is 121 Å². The summed E-state index contributed by atoms with van der Waals surface area (Å²) in [5.41, 5.74) is 0. The van der Waals surface area contributed by atoms with Gasteiger partial charge in [0.05, 0.1) is 13.2 Å². The first kappa shape index (κ1) is 18.7. The van der Waals surface area contributed by atoms with Gasteiger partial charge in [0.25, 0.3) is 0 Å². The molecule has 0 aromatic carbocycles. The van der Waals surface area contributed by atoms with Crippen LogP contribution in [0.5, 0.6) is 0 Å². The predicted molar refractivity (Wildman–Crippen MR) is 80.0 cm³/mol. The molecule has 0 radical (unpaired) electrons. The maximum absolute atomic E-state index is 11.3. The molecule has 0 bridgehead atoms. The highest BCUT2D eigenvalue weighted by molar-refractivity contribution is 5.84. The quantitative estimate of drug-likeness (QED) is 0.277. The van der Waals surface area contributed by atoms with Crippen LogP contribution < -0.4 is 16.0 Å². The summed E-state index contributed by atoms with van der Waals surface area (Å²) in [6.45, 7) is 8.02. The van der Waals surface area contributed by atoms with Crippen molar-refractivity contribution in [2.45, 2.75) is 20.3 Å². The number of likely N-dealkylation sites (N-methyl/N-ethyl adjacent to an activating group) is 1. The molecule has 0 spiro atoms. The van der Waals surface area contributed by atoms with Crippen molar-refractivity contribution in [3.8, 4) is 0 Å². The maximum Gasteiger partial charge on any atom is 0.241 e. The summed E-state index contributed by atoms with van der Waals surface area (Å²) >= 11 is 0. The Morgan fingerprint density at radius 3 is 2.45 bits per heavy atom. The van der Waals surface area contributed by atoms with Gasteiger partial charge in [0.2, 0.25) is 5.91 Å². The molecule has 0 fully saturated rings. The van der Waals surface area contributed by atoms with Crippen LogP contribution in [-0.4, -0.2) is 65.0 Å². The zero-order chi connectivity index (χ0) is 15.1. The lowest BCUT2D eigenvalue weighted by atomic mass is 10.4. The number of amides is 1. The Balaban J connectivity index is 3.78. The van der Waals surface area contributed by atoms with E-state index in [1.54, 1.807) is 7.11 Å². The molecule has 0 aliphatic heterocycles. The summed E-state index contributed by atoms with van der Waals surface area (Å²) in [7, 11) is 1.65. The zero-order valence-corrected chi connectivity index (χ0v) is 12.8. The summed E-state index contributed by atoms with van der Waals surface area (Å²) in [4.78, 5) is 15.5. The Morgan fingerprint density at radius 1 is 1.05 bits per heavy atom. The van der Waals surface area contributed by atoms with Gasteiger partial charge in [-0.05, 0) is 20.3 Å². The number of ether oxygens (including phenoxy) is 2. The van der Waals surface area contributed by atoms with Crippen molar-refractivity contribution in [3.63, 3.8) is 0 Å². The summed E-state index contributed by atoms with van der Waals surface area (Å²) in [5.74, 6) is 0.572. The molecule has 0 heterocycles. The van der Waals surface area contributed by atoms with Crippen molar-refractivity contribution >= 4 is 11.9 Å². The van der Waals surface area contributed by atoms with E-state index in [2.05, 4.69) is 20.9 Å². The third kappa shape index (κ3) is 11.7. The molecular weight excluding hydrogens is 260 g/mol. The standard InChI is InChI=1S/C13H28N4O3/c1-4-14-12(18)11-17-13(15-5-2)16-7-6-8-20-10-9-19-3/h4-11H2,1-3H3,(H,14,18)(H2,15,16,17). The average molecular weight is 288 g/mol. The highest BCUT2D eigenvalue weighted by atomic mass is 16.5. The van der Waals surface area contributed by atoms with E-state index in [1.165, 1.54) is 0 Å². The van der Waals surface area contributed by atoms with Crippen LogP contribution in [0, 0.1) is 0 Å². The molecular formula is C13H28N4O3. The van der Waals surface area contributed by atoms with Crippen LogP contribution in [0.4, 0.5) is 0 Å². The fourth-order valence-corrected chi connectivity index (χ4v) is 1.37. The van der Waals surface area contributed by atoms with Gasteiger partial charge >= 0.3 is 0 Å². The molecule has 0 aliphatic rings. The van der Waals surface area contributed by atoms with Crippen molar-refractivity contribution in [1.29, 1.82) is 0 Å². The third-order valence-electron chi connectivity index (χ3n) is 2.29. The SMILES string of the molecule is CCNC(=O)CN=C(NCC)NCCCOCCOC. The number of rotatable bonds is 11. The van der Waals surface area contributed by atoms with E-state index in [9.17, 15) is 4.79 Å². The molecule has 0 saturated carbocycles. The highest BCUT2D eigenvalue weighted by Crippen LogP contribution is 1.82. The number of aliphatic imine (C=N–C) groups is 1. The van der Waals surface area contributed by atoms with Crippen LogP contribution in [0.2, 0.25) is 0 Å². The van der Waals surface area contributed by atoms with Gasteiger partial charge in [0.15, 0.2) is 5.96 Å². The van der Waals surface area contributed by atoms with Gasteiger partial charge in [-0.25, -0.2) is 4.99 Å². The van der Waals surface area contributed by atoms with Gasteiger partial charge in [-0.1, -0.05) is 0 Å². The molecule has 7 heteroatoms. The fraction of sp³-hybridized carbons (Fsp3) is 0.846. The predicted octanol–water partition coefficient (Wildman–Crippen LogP) is -0.269. The second-order valence-corrected chi connectivity index (χ2v) is 4.03. The van der Waals surface area contributed by atoms with Crippen LogP contribution in [0.25, 0.3) is 0 Å². The topological polar surface area (TPSA) is 84.0 Å². The largest absolute Gasteiger partial charge is 0.382 e. The van der Waals surface area contributed by atoms with E-state index in [-0.39, 0.29) is 12.5 Å². The normalized spacial score (nSPS) is 11.2. The minimum absolute atomic E-state index is 0.0763. The number of hydrogen-bond donors (Lipinski definition) is 3. The fourth-order valence-electron chi connectivity index (χ4n) is 1.37. The van der Waals surface area contributed by atoms with Crippen LogP contribution in [0.3, 0.4) is 0 Å². The highest BCUT2D eigenvalue weighted by Gasteiger charge is 2.00. The first-order chi connectivity index (χ1) is 9.74. The summed E-state index contributed by atoms with van der Waals surface area (Å²) in [5, 5.41) is 8.95. The van der Waals surface area contributed by atoms with Gasteiger partial charge in [0, 0.05) is 33.4 Å². The molecule has 0 aromatic heterocycles. The number of carbonyl (C=O) groups is 1. The van der Waals surface area contributed by atoms with Gasteiger partial charge in [-0.2, -0.15) is 0 Å². The van der Waals surface area contributed by atoms with E-state index in [1.807, 2.05) is 13.8 Å².